The van der Waals surface area contributed by atoms with Crippen molar-refractivity contribution in [2.75, 3.05) is 0 Å². The lowest BCUT2D eigenvalue weighted by atomic mass is 9.35. The second-order valence-corrected chi connectivity index (χ2v) is 33.8. The summed E-state index contributed by atoms with van der Waals surface area (Å²) in [4.78, 5) is 16.6. The van der Waals surface area contributed by atoms with Gasteiger partial charge in [0.1, 0.15) is 0 Å². The summed E-state index contributed by atoms with van der Waals surface area (Å²) in [6.45, 7) is 35.2. The number of carbonyl (C=O) groups is 1. The SMILES string of the molecule is C=CCCCCCCCCC(CCCCCCC/C=C/CCCCCCCC)(CCCCCCCCC=C)C(CCCCCCCCC=C)(CCCCCCCCC=C)C(CCCCCCCCC=C)(CCCCCCCCC=C)C(CCCCCCCCC=C)(CCCCCCCCC=C)C(=O)O. The average Bonchev–Trinajstić information content (AvgIpc) is 0.693. The molecule has 0 unspecified atom stereocenters. The van der Waals surface area contributed by atoms with Crippen molar-refractivity contribution in [3.63, 3.8) is 0 Å². The molecule has 0 spiro atoms. The van der Waals surface area contributed by atoms with Crippen LogP contribution in [0, 0.1) is 21.7 Å². The van der Waals surface area contributed by atoms with E-state index in [-0.39, 0.29) is 22.2 Å². The minimum atomic E-state index is -0.800. The number of carboxylic acid groups (broad SMARTS) is 1. The van der Waals surface area contributed by atoms with Crippen molar-refractivity contribution >= 4 is 5.97 Å². The van der Waals surface area contributed by atoms with E-state index < -0.39 is 5.41 Å². The Hall–Kier alpha value is -2.87. The molecule has 0 aromatic heterocycles. The largest absolute Gasteiger partial charge is 0.481 e. The van der Waals surface area contributed by atoms with Crippen LogP contribution in [0.5, 0.6) is 0 Å². The van der Waals surface area contributed by atoms with Gasteiger partial charge in [0.2, 0.25) is 0 Å². The predicted molar refractivity (Wildman–Crippen MR) is 474 cm³/mol. The van der Waals surface area contributed by atoms with E-state index in [1.54, 1.807) is 0 Å². The number of hydrogen-bond donors (Lipinski definition) is 1. The fourth-order valence-corrected chi connectivity index (χ4v) is 19.3. The van der Waals surface area contributed by atoms with Gasteiger partial charge in [-0.3, -0.25) is 4.79 Å². The highest BCUT2D eigenvalue weighted by Gasteiger charge is 2.68. The first-order valence-corrected chi connectivity index (χ1v) is 47.0. The summed E-state index contributed by atoms with van der Waals surface area (Å²) < 4.78 is 0. The van der Waals surface area contributed by atoms with Gasteiger partial charge in [0.25, 0.3) is 0 Å². The summed E-state index contributed by atoms with van der Waals surface area (Å²) in [5.41, 5.74) is -1.19. The van der Waals surface area contributed by atoms with Gasteiger partial charge in [-0.2, -0.15) is 0 Å². The van der Waals surface area contributed by atoms with E-state index in [0.29, 0.717) is 0 Å². The van der Waals surface area contributed by atoms with Gasteiger partial charge in [-0.1, -0.05) is 382 Å². The van der Waals surface area contributed by atoms with Crippen LogP contribution in [0.1, 0.15) is 508 Å². The first kappa shape index (κ1) is 101. The van der Waals surface area contributed by atoms with Gasteiger partial charge in [0, 0.05) is 0 Å². The normalized spacial score (nSPS) is 12.2. The van der Waals surface area contributed by atoms with E-state index in [1.165, 1.54) is 398 Å². The standard InChI is InChI=1S/C102H186O2/c1-10-19-28-37-46-55-56-57-58-59-60-61-64-73-82-91-99(89-80-71-62-47-38-29-20-11-2,90-81-72-63-48-39-30-21-12-3)101(94-85-76-67-51-42-33-24-15-6,95-86-77-68-52-43-34-25-16-7)102(96-87-78-69-53-44-35-26-17-8,97-88-79-70-54-45-36-27-18-9)100(98(103)104,92-83-74-65-49-40-31-22-13-4)93-84-75-66-50-41-32-23-14-5/h11-18,57-58H,2-10,19-56,59-97H2,1H3,(H,103,104)/b58-57+. The van der Waals surface area contributed by atoms with Crippen molar-refractivity contribution in [2.45, 2.75) is 508 Å². The lowest BCUT2D eigenvalue weighted by Gasteiger charge is -2.68. The van der Waals surface area contributed by atoms with Gasteiger partial charge in [0.05, 0.1) is 5.41 Å². The summed E-state index contributed by atoms with van der Waals surface area (Å²) in [6, 6.07) is 0. The molecular formula is C102H186O2. The molecule has 0 aliphatic carbocycles. The Kier molecular flexibility index (Phi) is 76.1. The molecule has 0 saturated carbocycles. The van der Waals surface area contributed by atoms with Crippen molar-refractivity contribution in [1.82, 2.24) is 0 Å². The van der Waals surface area contributed by atoms with E-state index in [2.05, 4.69) is 120 Å². The number of hydrogen-bond acceptors (Lipinski definition) is 1. The van der Waals surface area contributed by atoms with Crippen LogP contribution in [0.2, 0.25) is 0 Å². The molecule has 0 amide bonds. The van der Waals surface area contributed by atoms with Crippen molar-refractivity contribution in [2.24, 2.45) is 21.7 Å². The third-order valence-electron chi connectivity index (χ3n) is 25.4. The fraction of sp³-hybridized carbons (Fsp3) is 0.814. The lowest BCUT2D eigenvalue weighted by molar-refractivity contribution is -0.215. The van der Waals surface area contributed by atoms with Crippen LogP contribution in [0.3, 0.4) is 0 Å². The fourth-order valence-electron chi connectivity index (χ4n) is 19.3. The first-order valence-electron chi connectivity index (χ1n) is 47.0. The zero-order valence-electron chi connectivity index (χ0n) is 70.9. The van der Waals surface area contributed by atoms with Crippen molar-refractivity contribution in [1.29, 1.82) is 0 Å². The highest BCUT2D eigenvalue weighted by molar-refractivity contribution is 5.76. The lowest BCUT2D eigenvalue weighted by Crippen LogP contribution is -2.63. The molecule has 0 atom stereocenters. The second-order valence-electron chi connectivity index (χ2n) is 33.8. The van der Waals surface area contributed by atoms with E-state index in [4.69, 9.17) is 0 Å². The van der Waals surface area contributed by atoms with Gasteiger partial charge >= 0.3 is 5.97 Å². The molecule has 0 bridgehead atoms. The zero-order chi connectivity index (χ0) is 75.8. The Bertz CT molecular complexity index is 1830. The molecule has 0 fully saturated rings. The van der Waals surface area contributed by atoms with Crippen LogP contribution in [-0.2, 0) is 4.79 Å². The van der Waals surface area contributed by atoms with Gasteiger partial charge in [0.15, 0.2) is 0 Å². The first-order chi connectivity index (χ1) is 51.2. The Morgan fingerprint density at radius 3 is 0.577 bits per heavy atom. The van der Waals surface area contributed by atoms with E-state index in [0.717, 1.165) is 103 Å². The summed E-state index contributed by atoms with van der Waals surface area (Å²) in [7, 11) is 0. The minimum absolute atomic E-state index is 0.0538. The predicted octanol–water partition coefficient (Wildman–Crippen LogP) is 36.5. The van der Waals surface area contributed by atoms with Crippen molar-refractivity contribution in [3.8, 4) is 0 Å². The third kappa shape index (κ3) is 51.5. The minimum Gasteiger partial charge on any atom is -0.481 e. The quantitative estimate of drug-likeness (QED) is 0.0487. The molecule has 2 heteroatoms. The highest BCUT2D eigenvalue weighted by Crippen LogP contribution is 2.74. The summed E-state index contributed by atoms with van der Waals surface area (Å²) >= 11 is 0. The van der Waals surface area contributed by atoms with Crippen LogP contribution < -0.4 is 0 Å². The summed E-state index contributed by atoms with van der Waals surface area (Å²) in [5.74, 6) is -0.369. The van der Waals surface area contributed by atoms with Gasteiger partial charge in [-0.15, -0.1) is 52.6 Å². The van der Waals surface area contributed by atoms with E-state index >= 15 is 4.79 Å². The van der Waals surface area contributed by atoms with Crippen LogP contribution in [-0.4, -0.2) is 11.1 Å². The van der Waals surface area contributed by atoms with Crippen LogP contribution >= 0.6 is 0 Å². The van der Waals surface area contributed by atoms with Crippen molar-refractivity contribution < 1.29 is 9.90 Å². The third-order valence-corrected chi connectivity index (χ3v) is 25.4. The van der Waals surface area contributed by atoms with Gasteiger partial charge in [-0.25, -0.2) is 0 Å². The summed E-state index contributed by atoms with van der Waals surface area (Å²) in [6.07, 6.45) is 119. The molecule has 0 radical (unpaired) electrons. The number of unbranched alkanes of at least 4 members (excludes halogenated alkanes) is 59. The molecule has 0 aliphatic rings. The number of carboxylic acids is 1. The molecule has 2 nitrogen and oxygen atoms in total. The maximum atomic E-state index is 16.6. The molecule has 0 heterocycles. The molecule has 0 aromatic rings. The molecule has 104 heavy (non-hydrogen) atoms. The number of rotatable bonds is 91. The smallest absolute Gasteiger partial charge is 0.310 e. The Morgan fingerprint density at radius 2 is 0.375 bits per heavy atom. The van der Waals surface area contributed by atoms with E-state index in [9.17, 15) is 5.11 Å². The molecule has 0 rings (SSSR count). The topological polar surface area (TPSA) is 37.3 Å². The van der Waals surface area contributed by atoms with Crippen LogP contribution in [0.25, 0.3) is 0 Å². The average molecular weight is 1440 g/mol. The van der Waals surface area contributed by atoms with Crippen LogP contribution in [0.4, 0.5) is 0 Å². The number of allylic oxidation sites excluding steroid dienone is 10. The molecule has 0 aliphatic heterocycles. The Labute approximate surface area is 654 Å². The molecule has 0 saturated heterocycles. The summed E-state index contributed by atoms with van der Waals surface area (Å²) in [5, 5.41) is 13.7. The molecule has 606 valence electrons. The van der Waals surface area contributed by atoms with Crippen LogP contribution in [0.15, 0.2) is 113 Å². The van der Waals surface area contributed by atoms with Crippen molar-refractivity contribution in [3.05, 3.63) is 113 Å². The number of aliphatic carboxylic acids is 1. The van der Waals surface area contributed by atoms with E-state index in [1.807, 2.05) is 0 Å². The zero-order valence-corrected chi connectivity index (χ0v) is 70.9. The highest BCUT2D eigenvalue weighted by atomic mass is 16.4. The van der Waals surface area contributed by atoms with Gasteiger partial charge in [-0.05, 0) is 202 Å². The molecular weight excluding hydrogens is 1260 g/mol. The molecule has 0 aromatic carbocycles. The second kappa shape index (κ2) is 78.3. The van der Waals surface area contributed by atoms with Gasteiger partial charge < -0.3 is 5.11 Å². The monoisotopic (exact) mass is 1440 g/mol. The maximum absolute atomic E-state index is 16.6. The Balaban J connectivity index is 9.62. The molecule has 1 N–H and O–H groups in total. The maximum Gasteiger partial charge on any atom is 0.310 e. The Morgan fingerprint density at radius 1 is 0.212 bits per heavy atom.